The van der Waals surface area contributed by atoms with E-state index < -0.39 is 0 Å². The molecule has 0 atom stereocenters. The van der Waals surface area contributed by atoms with Crippen LogP contribution in [0, 0.1) is 6.92 Å². The van der Waals surface area contributed by atoms with Crippen molar-refractivity contribution >= 4 is 43.9 Å². The zero-order valence-corrected chi connectivity index (χ0v) is 33.8. The molecule has 0 bridgehead atoms. The summed E-state index contributed by atoms with van der Waals surface area (Å²) in [6.07, 6.45) is 1.94. The van der Waals surface area contributed by atoms with E-state index in [9.17, 15) is 0 Å². The van der Waals surface area contributed by atoms with Crippen LogP contribution < -0.4 is 4.57 Å². The van der Waals surface area contributed by atoms with Crippen molar-refractivity contribution in [1.29, 1.82) is 0 Å². The fourth-order valence-corrected chi connectivity index (χ4v) is 8.76. The molecule has 3 heterocycles. The van der Waals surface area contributed by atoms with E-state index in [0.29, 0.717) is 5.82 Å². The molecule has 0 fully saturated rings. The number of hydrogen-bond donors (Lipinski definition) is 0. The number of furan rings is 1. The van der Waals surface area contributed by atoms with Crippen LogP contribution in [-0.2, 0) is 7.05 Å². The minimum atomic E-state index is 0.277. The van der Waals surface area contributed by atoms with Gasteiger partial charge in [0.1, 0.15) is 16.8 Å². The molecule has 3 aromatic heterocycles. The van der Waals surface area contributed by atoms with Gasteiger partial charge in [0.25, 0.3) is 5.82 Å². The first-order valence-electron chi connectivity index (χ1n) is 20.3. The van der Waals surface area contributed by atoms with Gasteiger partial charge in [0, 0.05) is 45.1 Å². The van der Waals surface area contributed by atoms with Crippen molar-refractivity contribution in [2.75, 3.05) is 0 Å². The smallest absolute Gasteiger partial charge is 0.299 e. The molecular weight excluding hydrogens is 709 g/mol. The van der Waals surface area contributed by atoms with Gasteiger partial charge in [-0.05, 0) is 76.9 Å². The first kappa shape index (κ1) is 35.6. The summed E-state index contributed by atoms with van der Waals surface area (Å²) < 4.78 is 11.9. The van der Waals surface area contributed by atoms with Crippen molar-refractivity contribution in [3.8, 4) is 50.7 Å². The largest absolute Gasteiger partial charge is 0.455 e. The standard InChI is InChI=1S/C53H45N4O/c1-32(2)42-27-39(36-17-11-8-12-18-36)28-43(33(3)4)50(42)57-47-20-14-13-19-46(47)56(6)53(57)49-34(5)21-26-41-44-29-40-31-54-52(55-45(40)30-48(44)58-51(41)49)38-24-22-37(23-25-38)35-15-9-7-10-16-35/h7-33H,1-6H3/q+1. The van der Waals surface area contributed by atoms with Gasteiger partial charge in [-0.25, -0.2) is 14.5 Å². The summed E-state index contributed by atoms with van der Waals surface area (Å²) in [6, 6.07) is 51.9. The van der Waals surface area contributed by atoms with E-state index in [1.807, 2.05) is 12.3 Å². The third-order valence-corrected chi connectivity index (χ3v) is 11.8. The van der Waals surface area contributed by atoms with E-state index in [1.165, 1.54) is 33.5 Å². The topological polar surface area (TPSA) is 47.7 Å². The lowest BCUT2D eigenvalue weighted by molar-refractivity contribution is -0.633. The molecule has 0 spiro atoms. The Morgan fingerprint density at radius 1 is 0.603 bits per heavy atom. The molecule has 0 saturated carbocycles. The predicted molar refractivity (Wildman–Crippen MR) is 239 cm³/mol. The Hall–Kier alpha value is -6.85. The average Bonchev–Trinajstić information content (AvgIpc) is 3.76. The number of rotatable bonds is 7. The number of para-hydroxylation sites is 2. The highest BCUT2D eigenvalue weighted by Gasteiger charge is 2.34. The van der Waals surface area contributed by atoms with Gasteiger partial charge in [0.15, 0.2) is 22.4 Å². The second-order valence-electron chi connectivity index (χ2n) is 16.2. The van der Waals surface area contributed by atoms with Crippen molar-refractivity contribution in [2.24, 2.45) is 7.05 Å². The van der Waals surface area contributed by atoms with E-state index in [0.717, 1.165) is 72.0 Å². The molecule has 0 aliphatic carbocycles. The molecule has 10 aromatic rings. The molecule has 5 nitrogen and oxygen atoms in total. The van der Waals surface area contributed by atoms with Crippen molar-refractivity contribution in [3.63, 3.8) is 0 Å². The van der Waals surface area contributed by atoms with Crippen LogP contribution in [0.1, 0.15) is 56.2 Å². The highest BCUT2D eigenvalue weighted by molar-refractivity contribution is 6.13. The molecule has 10 rings (SSSR count). The number of benzene rings is 7. The second kappa shape index (κ2) is 14.0. The van der Waals surface area contributed by atoms with Crippen LogP contribution in [0.5, 0.6) is 0 Å². The quantitative estimate of drug-likeness (QED) is 0.152. The highest BCUT2D eigenvalue weighted by Crippen LogP contribution is 2.43. The van der Waals surface area contributed by atoms with Crippen LogP contribution in [0.15, 0.2) is 156 Å². The molecule has 282 valence electrons. The molecular formula is C53H45N4O+. The van der Waals surface area contributed by atoms with Crippen LogP contribution in [0.3, 0.4) is 0 Å². The molecule has 0 aliphatic rings. The van der Waals surface area contributed by atoms with Crippen LogP contribution in [-0.4, -0.2) is 14.5 Å². The lowest BCUT2D eigenvalue weighted by atomic mass is 9.88. The van der Waals surface area contributed by atoms with E-state index in [2.05, 4.69) is 190 Å². The monoisotopic (exact) mass is 753 g/mol. The minimum absolute atomic E-state index is 0.277. The summed E-state index contributed by atoms with van der Waals surface area (Å²) in [7, 11) is 2.19. The Bertz CT molecular complexity index is 3140. The highest BCUT2D eigenvalue weighted by atomic mass is 16.3. The summed E-state index contributed by atoms with van der Waals surface area (Å²) in [5, 5.41) is 3.10. The minimum Gasteiger partial charge on any atom is -0.455 e. The molecule has 0 radical (unpaired) electrons. The number of aryl methyl sites for hydroxylation is 2. The maximum Gasteiger partial charge on any atom is 0.299 e. The van der Waals surface area contributed by atoms with Gasteiger partial charge < -0.3 is 4.42 Å². The van der Waals surface area contributed by atoms with Crippen molar-refractivity contribution in [1.82, 2.24) is 14.5 Å². The van der Waals surface area contributed by atoms with Gasteiger partial charge in [-0.2, -0.15) is 4.57 Å². The number of hydrogen-bond acceptors (Lipinski definition) is 3. The maximum atomic E-state index is 7.02. The second-order valence-corrected chi connectivity index (χ2v) is 16.2. The van der Waals surface area contributed by atoms with Crippen LogP contribution in [0.25, 0.3) is 94.6 Å². The fourth-order valence-electron chi connectivity index (χ4n) is 8.76. The Labute approximate surface area is 338 Å². The van der Waals surface area contributed by atoms with E-state index in [1.54, 1.807) is 0 Å². The SMILES string of the molecule is Cc1ccc2c(oc3cc4nc(-c5ccc(-c6ccccc6)cc5)ncc4cc32)c1-c1n(-c2c(C(C)C)cc(-c3ccccc3)cc2C(C)C)c2ccccc2[n+]1C. The van der Waals surface area contributed by atoms with Gasteiger partial charge in [-0.3, -0.25) is 0 Å². The summed E-state index contributed by atoms with van der Waals surface area (Å²) in [5.41, 5.74) is 16.8. The number of fused-ring (bicyclic) bond motifs is 5. The molecule has 0 amide bonds. The zero-order valence-electron chi connectivity index (χ0n) is 33.8. The van der Waals surface area contributed by atoms with Crippen LogP contribution in [0.2, 0.25) is 0 Å². The van der Waals surface area contributed by atoms with Crippen molar-refractivity contribution in [3.05, 3.63) is 168 Å². The summed E-state index contributed by atoms with van der Waals surface area (Å²) in [5.74, 6) is 2.33. The van der Waals surface area contributed by atoms with Crippen molar-refractivity contribution in [2.45, 2.75) is 46.5 Å². The Morgan fingerprint density at radius 3 is 1.88 bits per heavy atom. The van der Waals surface area contributed by atoms with Gasteiger partial charge in [0.2, 0.25) is 0 Å². The molecule has 58 heavy (non-hydrogen) atoms. The summed E-state index contributed by atoms with van der Waals surface area (Å²) in [4.78, 5) is 9.90. The normalized spacial score (nSPS) is 11.9. The maximum absolute atomic E-state index is 7.02. The Morgan fingerprint density at radius 2 is 1.21 bits per heavy atom. The Balaban J connectivity index is 1.18. The van der Waals surface area contributed by atoms with E-state index >= 15 is 0 Å². The molecule has 7 aromatic carbocycles. The summed E-state index contributed by atoms with van der Waals surface area (Å²) in [6.45, 7) is 11.5. The molecule has 0 saturated heterocycles. The zero-order chi connectivity index (χ0) is 39.7. The lowest BCUT2D eigenvalue weighted by Crippen LogP contribution is -2.30. The number of nitrogens with zero attached hydrogens (tertiary/aromatic N) is 4. The van der Waals surface area contributed by atoms with Crippen LogP contribution >= 0.6 is 0 Å². The van der Waals surface area contributed by atoms with Crippen molar-refractivity contribution < 1.29 is 8.98 Å². The van der Waals surface area contributed by atoms with E-state index in [4.69, 9.17) is 14.4 Å². The van der Waals surface area contributed by atoms with Crippen LogP contribution in [0.4, 0.5) is 0 Å². The van der Waals surface area contributed by atoms with Gasteiger partial charge in [0.05, 0.1) is 12.6 Å². The predicted octanol–water partition coefficient (Wildman–Crippen LogP) is 13.5. The van der Waals surface area contributed by atoms with E-state index in [-0.39, 0.29) is 11.8 Å². The Kier molecular flexibility index (Phi) is 8.56. The fraction of sp³-hybridized carbons (Fsp3) is 0.151. The molecule has 5 heteroatoms. The van der Waals surface area contributed by atoms with Gasteiger partial charge in [-0.1, -0.05) is 137 Å². The molecule has 0 aliphatic heterocycles. The third-order valence-electron chi connectivity index (χ3n) is 11.8. The first-order valence-corrected chi connectivity index (χ1v) is 20.3. The third kappa shape index (κ3) is 5.80. The summed E-state index contributed by atoms with van der Waals surface area (Å²) >= 11 is 0. The molecule has 0 N–H and O–H groups in total. The van der Waals surface area contributed by atoms with Gasteiger partial charge in [-0.15, -0.1) is 0 Å². The lowest BCUT2D eigenvalue weighted by Gasteiger charge is -2.21. The number of aromatic nitrogens is 4. The average molecular weight is 754 g/mol. The first-order chi connectivity index (χ1) is 28.2. The molecule has 0 unspecified atom stereocenters. The van der Waals surface area contributed by atoms with Gasteiger partial charge >= 0.3 is 0 Å². The number of imidazole rings is 1.